The molecule has 0 atom stereocenters. The maximum absolute atomic E-state index is 13.3. The molecule has 0 spiro atoms. The Morgan fingerprint density at radius 2 is 1.73 bits per heavy atom. The standard InChI is InChI=1S/C23H27N3O6S/c1-4-32-23(29)26-11-9-25(10-12-26)22(28)17(24-21(27)20-6-5-13-33-20)14-16-7-8-18(30-2)19(15-16)31-3/h5-8,13-15H,4,9-12H2,1-3H3,(H,24,27)/b17-14+. The normalized spacial score (nSPS) is 14.0. The van der Waals surface area contributed by atoms with Gasteiger partial charge in [-0.05, 0) is 42.1 Å². The minimum Gasteiger partial charge on any atom is -0.493 e. The van der Waals surface area contributed by atoms with Crippen LogP contribution in [-0.4, -0.2) is 74.7 Å². The van der Waals surface area contributed by atoms with Gasteiger partial charge in [-0.25, -0.2) is 4.79 Å². The number of carbonyl (C=O) groups is 3. The van der Waals surface area contributed by atoms with Crippen molar-refractivity contribution in [1.82, 2.24) is 15.1 Å². The number of methoxy groups -OCH3 is 2. The lowest BCUT2D eigenvalue weighted by Gasteiger charge is -2.34. The predicted octanol–water partition coefficient (Wildman–Crippen LogP) is 2.84. The Kier molecular flexibility index (Phi) is 8.31. The molecular weight excluding hydrogens is 446 g/mol. The van der Waals surface area contributed by atoms with E-state index >= 15 is 0 Å². The minimum absolute atomic E-state index is 0.130. The van der Waals surface area contributed by atoms with E-state index in [2.05, 4.69) is 5.32 Å². The van der Waals surface area contributed by atoms with Gasteiger partial charge in [-0.15, -0.1) is 11.3 Å². The average molecular weight is 474 g/mol. The molecule has 1 fully saturated rings. The molecule has 0 bridgehead atoms. The first-order valence-corrected chi connectivity index (χ1v) is 11.3. The van der Waals surface area contributed by atoms with Crippen molar-refractivity contribution in [2.75, 3.05) is 47.0 Å². The lowest BCUT2D eigenvalue weighted by molar-refractivity contribution is -0.128. The van der Waals surface area contributed by atoms with Gasteiger partial charge < -0.3 is 29.3 Å². The highest BCUT2D eigenvalue weighted by molar-refractivity contribution is 7.12. The molecule has 1 aromatic heterocycles. The molecule has 1 aliphatic heterocycles. The second kappa shape index (κ2) is 11.4. The molecule has 2 aromatic rings. The number of benzene rings is 1. The monoisotopic (exact) mass is 473 g/mol. The quantitative estimate of drug-likeness (QED) is 0.621. The molecule has 0 unspecified atom stereocenters. The number of nitrogens with one attached hydrogen (secondary N) is 1. The predicted molar refractivity (Wildman–Crippen MR) is 124 cm³/mol. The van der Waals surface area contributed by atoms with Gasteiger partial charge in [-0.2, -0.15) is 0 Å². The Labute approximate surface area is 196 Å². The molecule has 0 saturated carbocycles. The van der Waals surface area contributed by atoms with E-state index in [4.69, 9.17) is 14.2 Å². The number of rotatable bonds is 7. The molecule has 1 aliphatic rings. The van der Waals surface area contributed by atoms with Gasteiger partial charge in [0.25, 0.3) is 11.8 Å². The number of hydrogen-bond donors (Lipinski definition) is 1. The Hall–Kier alpha value is -3.53. The number of piperazine rings is 1. The van der Waals surface area contributed by atoms with E-state index in [1.54, 1.807) is 65.6 Å². The fraction of sp³-hybridized carbons (Fsp3) is 0.348. The molecule has 1 saturated heterocycles. The summed E-state index contributed by atoms with van der Waals surface area (Å²) in [5.74, 6) is 0.361. The Balaban J connectivity index is 1.83. The van der Waals surface area contributed by atoms with Gasteiger partial charge in [-0.3, -0.25) is 9.59 Å². The van der Waals surface area contributed by atoms with E-state index in [0.29, 0.717) is 54.7 Å². The molecule has 3 rings (SSSR count). The van der Waals surface area contributed by atoms with Gasteiger partial charge in [0, 0.05) is 26.2 Å². The van der Waals surface area contributed by atoms with Crippen LogP contribution in [0, 0.1) is 0 Å². The number of hydrogen-bond acceptors (Lipinski definition) is 7. The summed E-state index contributed by atoms with van der Waals surface area (Å²) >= 11 is 1.29. The Bertz CT molecular complexity index is 1010. The molecule has 9 nitrogen and oxygen atoms in total. The molecule has 10 heteroatoms. The van der Waals surface area contributed by atoms with Gasteiger partial charge >= 0.3 is 6.09 Å². The van der Waals surface area contributed by atoms with Crippen molar-refractivity contribution in [2.24, 2.45) is 0 Å². The van der Waals surface area contributed by atoms with Crippen molar-refractivity contribution in [3.05, 3.63) is 51.8 Å². The highest BCUT2D eigenvalue weighted by Gasteiger charge is 2.27. The maximum atomic E-state index is 13.3. The molecule has 2 heterocycles. The minimum atomic E-state index is -0.392. The van der Waals surface area contributed by atoms with Gasteiger partial charge in [0.2, 0.25) is 0 Å². The third-order valence-corrected chi connectivity index (χ3v) is 5.90. The molecule has 33 heavy (non-hydrogen) atoms. The molecule has 0 radical (unpaired) electrons. The van der Waals surface area contributed by atoms with Crippen LogP contribution in [0.4, 0.5) is 4.79 Å². The van der Waals surface area contributed by atoms with Crippen molar-refractivity contribution >= 4 is 35.3 Å². The van der Waals surface area contributed by atoms with Gasteiger partial charge in [0.15, 0.2) is 11.5 Å². The van der Waals surface area contributed by atoms with Crippen LogP contribution in [0.25, 0.3) is 6.08 Å². The summed E-state index contributed by atoms with van der Waals surface area (Å²) in [6.07, 6.45) is 1.21. The zero-order valence-corrected chi connectivity index (χ0v) is 19.6. The smallest absolute Gasteiger partial charge is 0.409 e. The number of amides is 3. The van der Waals surface area contributed by atoms with E-state index < -0.39 is 6.09 Å². The summed E-state index contributed by atoms with van der Waals surface area (Å²) in [5, 5.41) is 4.54. The third kappa shape index (κ3) is 6.04. The van der Waals surface area contributed by atoms with Crippen LogP contribution in [0.15, 0.2) is 41.4 Å². The number of nitrogens with zero attached hydrogens (tertiary/aromatic N) is 2. The van der Waals surface area contributed by atoms with Crippen LogP contribution in [0.5, 0.6) is 11.5 Å². The summed E-state index contributed by atoms with van der Waals surface area (Å²) in [5.41, 5.74) is 0.790. The van der Waals surface area contributed by atoms with Gasteiger partial charge in [0.1, 0.15) is 5.70 Å². The van der Waals surface area contributed by atoms with E-state index in [1.165, 1.54) is 18.4 Å². The van der Waals surface area contributed by atoms with E-state index in [9.17, 15) is 14.4 Å². The fourth-order valence-electron chi connectivity index (χ4n) is 3.33. The van der Waals surface area contributed by atoms with Crippen LogP contribution < -0.4 is 14.8 Å². The highest BCUT2D eigenvalue weighted by atomic mass is 32.1. The van der Waals surface area contributed by atoms with Crippen molar-refractivity contribution in [3.63, 3.8) is 0 Å². The fourth-order valence-corrected chi connectivity index (χ4v) is 3.95. The first-order valence-electron chi connectivity index (χ1n) is 10.5. The second-order valence-corrected chi connectivity index (χ2v) is 8.03. The summed E-state index contributed by atoms with van der Waals surface area (Å²) < 4.78 is 15.6. The van der Waals surface area contributed by atoms with E-state index in [1.807, 2.05) is 0 Å². The molecule has 1 N–H and O–H groups in total. The van der Waals surface area contributed by atoms with Crippen molar-refractivity contribution in [2.45, 2.75) is 6.92 Å². The zero-order chi connectivity index (χ0) is 23.8. The number of carbonyl (C=O) groups excluding carboxylic acids is 3. The number of thiophene rings is 1. The summed E-state index contributed by atoms with van der Waals surface area (Å²) in [6.45, 7) is 3.41. The SMILES string of the molecule is CCOC(=O)N1CCN(C(=O)/C(=C\c2ccc(OC)c(OC)c2)NC(=O)c2cccs2)CC1. The van der Waals surface area contributed by atoms with Crippen LogP contribution in [0.1, 0.15) is 22.2 Å². The molecule has 0 aliphatic carbocycles. The molecule has 1 aromatic carbocycles. The topological polar surface area (TPSA) is 97.4 Å². The molecular formula is C23H27N3O6S. The Morgan fingerprint density at radius 1 is 1.03 bits per heavy atom. The maximum Gasteiger partial charge on any atom is 0.409 e. The van der Waals surface area contributed by atoms with E-state index in [-0.39, 0.29) is 17.5 Å². The highest BCUT2D eigenvalue weighted by Crippen LogP contribution is 2.28. The van der Waals surface area contributed by atoms with E-state index in [0.717, 1.165) is 0 Å². The lowest BCUT2D eigenvalue weighted by atomic mass is 10.1. The summed E-state index contributed by atoms with van der Waals surface area (Å²) in [7, 11) is 3.07. The third-order valence-electron chi connectivity index (χ3n) is 5.04. The van der Waals surface area contributed by atoms with Crippen molar-refractivity contribution in [3.8, 4) is 11.5 Å². The second-order valence-electron chi connectivity index (χ2n) is 7.08. The van der Waals surface area contributed by atoms with Gasteiger partial charge in [0.05, 0.1) is 25.7 Å². The molecule has 176 valence electrons. The Morgan fingerprint density at radius 3 is 2.33 bits per heavy atom. The van der Waals surface area contributed by atoms with Crippen molar-refractivity contribution in [1.29, 1.82) is 0 Å². The first kappa shape index (κ1) is 24.1. The molecule has 3 amide bonds. The number of ether oxygens (including phenoxy) is 3. The van der Waals surface area contributed by atoms with Crippen LogP contribution in [0.3, 0.4) is 0 Å². The van der Waals surface area contributed by atoms with Gasteiger partial charge in [-0.1, -0.05) is 12.1 Å². The first-order chi connectivity index (χ1) is 16.0. The van der Waals surface area contributed by atoms with Crippen LogP contribution in [0.2, 0.25) is 0 Å². The van der Waals surface area contributed by atoms with Crippen LogP contribution in [-0.2, 0) is 9.53 Å². The largest absolute Gasteiger partial charge is 0.493 e. The summed E-state index contributed by atoms with van der Waals surface area (Å²) in [6, 6.07) is 8.68. The lowest BCUT2D eigenvalue weighted by Crippen LogP contribution is -2.52. The van der Waals surface area contributed by atoms with Crippen molar-refractivity contribution < 1.29 is 28.6 Å². The summed E-state index contributed by atoms with van der Waals surface area (Å²) in [4.78, 5) is 41.7. The average Bonchev–Trinajstić information content (AvgIpc) is 3.38. The zero-order valence-electron chi connectivity index (χ0n) is 18.8. The van der Waals surface area contributed by atoms with Crippen LogP contribution >= 0.6 is 11.3 Å².